The molecular weight excluding hydrogens is 523 g/mol. The molecule has 0 heterocycles. The lowest BCUT2D eigenvalue weighted by Gasteiger charge is -2.12. The maximum Gasteiger partial charge on any atom is 0.263 e. The minimum absolute atomic E-state index is 0.0262. The molecule has 0 aliphatic heterocycles. The Morgan fingerprint density at radius 1 is 0.939 bits per heavy atom. The Morgan fingerprint density at radius 2 is 1.61 bits per heavy atom. The van der Waals surface area contributed by atoms with Gasteiger partial charge in [-0.05, 0) is 55.0 Å². The molecule has 0 aromatic heterocycles. The van der Waals surface area contributed by atoms with E-state index in [2.05, 4.69) is 10.0 Å². The smallest absolute Gasteiger partial charge is 0.263 e. The van der Waals surface area contributed by atoms with E-state index >= 15 is 0 Å². The Balaban J connectivity index is 1.60. The van der Waals surface area contributed by atoms with Gasteiger partial charge in [0.05, 0.1) is 5.02 Å². The maximum atomic E-state index is 12.8. The van der Waals surface area contributed by atoms with Gasteiger partial charge in [0, 0.05) is 39.3 Å². The molecule has 0 atom stereocenters. The van der Waals surface area contributed by atoms with Crippen LogP contribution in [0.2, 0.25) is 15.1 Å². The summed E-state index contributed by atoms with van der Waals surface area (Å²) in [5, 5.41) is 4.02. The first-order chi connectivity index (χ1) is 15.7. The Morgan fingerprint density at radius 3 is 2.27 bits per heavy atom. The SMILES string of the molecule is Cc1ccc(NS(=O)(=O)c2cc(C(=O)NCCSCc3c(Cl)cccc3Cl)ccc2Cl)cc1. The van der Waals surface area contributed by atoms with Gasteiger partial charge in [-0.25, -0.2) is 8.42 Å². The minimum atomic E-state index is -3.97. The van der Waals surface area contributed by atoms with Crippen LogP contribution < -0.4 is 10.0 Å². The van der Waals surface area contributed by atoms with Crippen molar-refractivity contribution in [3.8, 4) is 0 Å². The normalized spacial score (nSPS) is 11.3. The van der Waals surface area contributed by atoms with Gasteiger partial charge in [-0.3, -0.25) is 9.52 Å². The van der Waals surface area contributed by atoms with E-state index in [1.54, 1.807) is 54.2 Å². The van der Waals surface area contributed by atoms with Crippen LogP contribution in [0.5, 0.6) is 0 Å². The number of anilines is 1. The number of rotatable bonds is 9. The highest BCUT2D eigenvalue weighted by Crippen LogP contribution is 2.28. The van der Waals surface area contributed by atoms with E-state index in [0.717, 1.165) is 11.1 Å². The molecule has 3 aromatic rings. The fraction of sp³-hybridized carbons (Fsp3) is 0.174. The molecule has 2 N–H and O–H groups in total. The predicted molar refractivity (Wildman–Crippen MR) is 138 cm³/mol. The second-order valence-corrected chi connectivity index (χ2v) is 11.1. The number of hydrogen-bond acceptors (Lipinski definition) is 4. The van der Waals surface area contributed by atoms with E-state index in [9.17, 15) is 13.2 Å². The molecule has 0 radical (unpaired) electrons. The van der Waals surface area contributed by atoms with Crippen molar-refractivity contribution in [1.29, 1.82) is 0 Å². The van der Waals surface area contributed by atoms with Crippen LogP contribution in [0.4, 0.5) is 5.69 Å². The van der Waals surface area contributed by atoms with E-state index in [0.29, 0.717) is 33.8 Å². The molecule has 0 aliphatic rings. The van der Waals surface area contributed by atoms with E-state index in [1.165, 1.54) is 18.2 Å². The number of hydrogen-bond donors (Lipinski definition) is 2. The van der Waals surface area contributed by atoms with E-state index < -0.39 is 15.9 Å². The Labute approximate surface area is 212 Å². The van der Waals surface area contributed by atoms with Crippen molar-refractivity contribution in [3.63, 3.8) is 0 Å². The van der Waals surface area contributed by atoms with Crippen molar-refractivity contribution in [2.75, 3.05) is 17.0 Å². The Bertz CT molecular complexity index is 1230. The zero-order valence-corrected chi connectivity index (χ0v) is 21.5. The molecule has 0 bridgehead atoms. The van der Waals surface area contributed by atoms with E-state index in [-0.39, 0.29) is 15.5 Å². The molecular formula is C23H21Cl3N2O3S2. The van der Waals surface area contributed by atoms with Crippen LogP contribution in [0.25, 0.3) is 0 Å². The number of thioether (sulfide) groups is 1. The maximum absolute atomic E-state index is 12.8. The van der Waals surface area contributed by atoms with Gasteiger partial charge in [0.15, 0.2) is 0 Å². The lowest BCUT2D eigenvalue weighted by molar-refractivity contribution is 0.0956. The van der Waals surface area contributed by atoms with Crippen molar-refractivity contribution >= 4 is 68.2 Å². The van der Waals surface area contributed by atoms with Gasteiger partial charge in [-0.15, -0.1) is 0 Å². The van der Waals surface area contributed by atoms with Gasteiger partial charge < -0.3 is 5.32 Å². The summed E-state index contributed by atoms with van der Waals surface area (Å²) in [5.74, 6) is 0.846. The summed E-state index contributed by atoms with van der Waals surface area (Å²) in [6.07, 6.45) is 0. The van der Waals surface area contributed by atoms with Crippen LogP contribution in [-0.2, 0) is 15.8 Å². The summed E-state index contributed by atoms with van der Waals surface area (Å²) < 4.78 is 28.1. The second-order valence-electron chi connectivity index (χ2n) is 7.13. The molecule has 0 aliphatic carbocycles. The third kappa shape index (κ3) is 7.04. The van der Waals surface area contributed by atoms with Gasteiger partial charge in [-0.1, -0.05) is 58.6 Å². The summed E-state index contributed by atoms with van der Waals surface area (Å²) in [6.45, 7) is 2.29. The number of benzene rings is 3. The second kappa shape index (κ2) is 11.5. The van der Waals surface area contributed by atoms with Crippen LogP contribution in [0, 0.1) is 6.92 Å². The number of aryl methyl sites for hydroxylation is 1. The standard InChI is InChI=1S/C23H21Cl3N2O3S2/c1-15-5-8-17(9-6-15)28-33(30,31)22-13-16(7-10-21(22)26)23(29)27-11-12-32-14-18-19(24)3-2-4-20(18)25/h2-10,13,28H,11-12,14H2,1H3,(H,27,29). The highest BCUT2D eigenvalue weighted by Gasteiger charge is 2.20. The summed E-state index contributed by atoms with van der Waals surface area (Å²) >= 11 is 20.0. The summed E-state index contributed by atoms with van der Waals surface area (Å²) in [5.41, 5.74) is 2.46. The molecule has 0 saturated heterocycles. The molecule has 1 amide bonds. The van der Waals surface area contributed by atoms with Crippen molar-refractivity contribution < 1.29 is 13.2 Å². The number of carbonyl (C=O) groups is 1. The third-order valence-electron chi connectivity index (χ3n) is 4.63. The third-order valence-corrected chi connectivity index (χ3v) is 8.18. The quantitative estimate of drug-likeness (QED) is 0.305. The van der Waals surface area contributed by atoms with Crippen LogP contribution in [-0.4, -0.2) is 26.6 Å². The molecule has 33 heavy (non-hydrogen) atoms. The van der Waals surface area contributed by atoms with Crippen molar-refractivity contribution in [1.82, 2.24) is 5.32 Å². The zero-order valence-electron chi connectivity index (χ0n) is 17.6. The summed E-state index contributed by atoms with van der Waals surface area (Å²) in [6, 6.07) is 16.4. The Kier molecular flexibility index (Phi) is 8.95. The summed E-state index contributed by atoms with van der Waals surface area (Å²) in [4.78, 5) is 12.4. The first-order valence-electron chi connectivity index (χ1n) is 9.85. The van der Waals surface area contributed by atoms with Crippen molar-refractivity contribution in [2.45, 2.75) is 17.6 Å². The van der Waals surface area contributed by atoms with Crippen molar-refractivity contribution in [3.05, 3.63) is 92.4 Å². The molecule has 3 rings (SSSR count). The fourth-order valence-corrected chi connectivity index (χ4v) is 6.05. The molecule has 0 unspecified atom stereocenters. The Hall–Kier alpha value is -1.90. The lowest BCUT2D eigenvalue weighted by Crippen LogP contribution is -2.26. The molecule has 10 heteroatoms. The largest absolute Gasteiger partial charge is 0.351 e. The van der Waals surface area contributed by atoms with Crippen LogP contribution in [0.1, 0.15) is 21.5 Å². The highest BCUT2D eigenvalue weighted by atomic mass is 35.5. The average molecular weight is 544 g/mol. The molecule has 0 saturated carbocycles. The zero-order chi connectivity index (χ0) is 24.0. The number of sulfonamides is 1. The van der Waals surface area contributed by atoms with Crippen molar-refractivity contribution in [2.24, 2.45) is 0 Å². The molecule has 3 aromatic carbocycles. The molecule has 0 spiro atoms. The van der Waals surface area contributed by atoms with Gasteiger partial charge in [0.25, 0.3) is 15.9 Å². The van der Waals surface area contributed by atoms with E-state index in [4.69, 9.17) is 34.8 Å². The number of carbonyl (C=O) groups excluding carboxylic acids is 1. The van der Waals surface area contributed by atoms with E-state index in [1.807, 2.05) is 6.92 Å². The van der Waals surface area contributed by atoms with Gasteiger partial charge in [0.2, 0.25) is 0 Å². The molecule has 174 valence electrons. The van der Waals surface area contributed by atoms with Gasteiger partial charge >= 0.3 is 0 Å². The van der Waals surface area contributed by atoms with Gasteiger partial charge in [-0.2, -0.15) is 11.8 Å². The van der Waals surface area contributed by atoms with Crippen LogP contribution in [0.15, 0.2) is 65.6 Å². The monoisotopic (exact) mass is 542 g/mol. The first kappa shape index (κ1) is 25.7. The number of halogens is 3. The van der Waals surface area contributed by atoms with Gasteiger partial charge in [0.1, 0.15) is 4.90 Å². The highest BCUT2D eigenvalue weighted by molar-refractivity contribution is 7.98. The minimum Gasteiger partial charge on any atom is -0.351 e. The number of nitrogens with one attached hydrogen (secondary N) is 2. The summed E-state index contributed by atoms with van der Waals surface area (Å²) in [7, 11) is -3.97. The molecule has 0 fully saturated rings. The number of amides is 1. The van der Waals surface area contributed by atoms with Crippen LogP contribution >= 0.6 is 46.6 Å². The molecule has 5 nitrogen and oxygen atoms in total. The van der Waals surface area contributed by atoms with Crippen LogP contribution in [0.3, 0.4) is 0 Å². The fourth-order valence-electron chi connectivity index (χ4n) is 2.87. The first-order valence-corrected chi connectivity index (χ1v) is 13.6. The average Bonchev–Trinajstić information content (AvgIpc) is 2.76. The predicted octanol–water partition coefficient (Wildman–Crippen LogP) is 6.42. The topological polar surface area (TPSA) is 75.3 Å². The lowest BCUT2D eigenvalue weighted by atomic mass is 10.2.